The minimum atomic E-state index is -3.94. The Labute approximate surface area is 572 Å². The first kappa shape index (κ1) is 73.6. The SMILES string of the molecule is CC1(C)OC(=O)C(Oc2ccccc2)=C1c1ccc(S(C)(=O)=O)cc1.CCc1csc(Sc2cc3c(cc2NS(C)(=O)=O)COC3=O)n1.CS(=O)(=O)Nc1cc2c(cc1Oc1ccccc1)S(=O)(=O)NC2.CS(=O)(=O)Nc1ccc(S(N)(=O)=O)cc1Sc1ccc(Cl)cc1Cl. The van der Waals surface area contributed by atoms with Crippen molar-refractivity contribution in [3.8, 4) is 17.2 Å². The lowest BCUT2D eigenvalue weighted by Crippen LogP contribution is -2.22. The van der Waals surface area contributed by atoms with E-state index in [2.05, 4.69) is 23.9 Å². The zero-order valence-electron chi connectivity index (χ0n) is 50.9. The van der Waals surface area contributed by atoms with E-state index in [0.717, 1.165) is 53.2 Å². The molecular formula is C60H58Cl2N6O18S9. The van der Waals surface area contributed by atoms with E-state index in [1.54, 1.807) is 92.7 Å². The molecule has 0 saturated carbocycles. The van der Waals surface area contributed by atoms with Crippen LogP contribution < -0.4 is 33.5 Å². The van der Waals surface area contributed by atoms with Crippen LogP contribution in [0.1, 0.15) is 53.5 Å². The van der Waals surface area contributed by atoms with Gasteiger partial charge in [-0.15, -0.1) is 11.3 Å². The largest absolute Gasteiger partial charge is 0.457 e. The fourth-order valence-corrected chi connectivity index (χ4v) is 16.6. The van der Waals surface area contributed by atoms with Crippen LogP contribution in [0.2, 0.25) is 10.0 Å². The Balaban J connectivity index is 0.000000162. The maximum atomic E-state index is 12.3. The second kappa shape index (κ2) is 29.6. The number of anilines is 3. The van der Waals surface area contributed by atoms with Gasteiger partial charge in [0.1, 0.15) is 23.7 Å². The summed E-state index contributed by atoms with van der Waals surface area (Å²) in [7, 11) is -21.3. The van der Waals surface area contributed by atoms with E-state index in [4.69, 9.17) is 47.3 Å². The Hall–Kier alpha value is -7.25. The highest BCUT2D eigenvalue weighted by Gasteiger charge is 2.43. The minimum absolute atomic E-state index is 0.0856. The maximum Gasteiger partial charge on any atom is 0.375 e. The van der Waals surface area contributed by atoms with E-state index in [1.165, 1.54) is 71.6 Å². The number of para-hydroxylation sites is 2. The molecule has 6 N–H and O–H groups in total. The molecule has 11 rings (SSSR count). The first-order valence-electron chi connectivity index (χ1n) is 27.3. The number of aryl methyl sites for hydroxylation is 1. The number of hydrogen-bond donors (Lipinski definition) is 5. The number of sulfonamides is 5. The average Bonchev–Trinajstić information content (AvgIpc) is 1.70. The standard InChI is InChI=1S/C19H18O5S.C14H14N2O5S2.C14H14N2O4S3.C13H12Cl2N2O4S3/c1-19(2)16(13-9-11-15(12-10-13)25(3,21)22)17(18(20)24-19)23-14-7-5-4-6-8-14;1-22(17,18)16-12-7-10-9-15-23(19,20)14(10)8-13(12)21-11-5-3-2-4-6-11;1-3-9-7-21-14(15-9)22-12-5-10-8(6-20-13(10)17)4-11(12)16-23(2,18)19;1-23(18,19)17-11-4-3-9(24(16,20)21)7-13(11)22-12-5-2-8(14)6-10(12)15/h4-12H,1-3H3;2-8,15-16H,9H2,1H3;4-5,7,16H,3,6H2,1-2H3;2-7,17H,1H3,(H2,16,20,21). The van der Waals surface area contributed by atoms with Crippen LogP contribution >= 0.6 is 58.1 Å². The van der Waals surface area contributed by atoms with Crippen LogP contribution in [0.4, 0.5) is 17.1 Å². The van der Waals surface area contributed by atoms with E-state index in [9.17, 15) is 60.1 Å². The Bertz CT molecular complexity index is 5030. The molecule has 0 amide bonds. The quantitative estimate of drug-likeness (QED) is 0.0498. The van der Waals surface area contributed by atoms with Gasteiger partial charge < -0.3 is 18.9 Å². The number of aromatic nitrogens is 1. The monoisotopic (exact) mass is 1510 g/mol. The molecule has 95 heavy (non-hydrogen) atoms. The summed E-state index contributed by atoms with van der Waals surface area (Å²) in [6.45, 7) is 5.83. The molecule has 0 spiro atoms. The number of sulfone groups is 1. The molecule has 0 unspecified atom stereocenters. The van der Waals surface area contributed by atoms with Gasteiger partial charge >= 0.3 is 11.9 Å². The number of fused-ring (bicyclic) bond motifs is 2. The van der Waals surface area contributed by atoms with Crippen LogP contribution in [0, 0.1) is 0 Å². The number of benzene rings is 7. The number of esters is 2. The number of nitrogens with two attached hydrogens (primary N) is 1. The number of halogens is 2. The van der Waals surface area contributed by atoms with E-state index in [1.807, 2.05) is 30.5 Å². The van der Waals surface area contributed by atoms with Crippen LogP contribution in [0.5, 0.6) is 17.2 Å². The Morgan fingerprint density at radius 2 is 1.22 bits per heavy atom. The Morgan fingerprint density at radius 1 is 0.653 bits per heavy atom. The van der Waals surface area contributed by atoms with E-state index < -0.39 is 71.5 Å². The van der Waals surface area contributed by atoms with Crippen molar-refractivity contribution in [1.82, 2.24) is 9.71 Å². The molecule has 0 bridgehead atoms. The van der Waals surface area contributed by atoms with Gasteiger partial charge in [-0.05, 0) is 122 Å². The highest BCUT2D eigenvalue weighted by Crippen LogP contribution is 2.44. The molecule has 0 aliphatic carbocycles. The van der Waals surface area contributed by atoms with Crippen molar-refractivity contribution in [2.75, 3.05) is 39.2 Å². The number of cyclic esters (lactones) is 2. The number of thiazole rings is 1. The summed E-state index contributed by atoms with van der Waals surface area (Å²) >= 11 is 15.9. The maximum absolute atomic E-state index is 12.3. The lowest BCUT2D eigenvalue weighted by atomic mass is 9.92. The average molecular weight is 1510 g/mol. The van der Waals surface area contributed by atoms with E-state index in [0.29, 0.717) is 69.7 Å². The van der Waals surface area contributed by atoms with Crippen LogP contribution in [-0.2, 0) is 93.8 Å². The normalized spacial score (nSPS) is 14.6. The van der Waals surface area contributed by atoms with Crippen LogP contribution in [0.3, 0.4) is 0 Å². The number of hydrogen-bond acceptors (Lipinski definition) is 22. The summed E-state index contributed by atoms with van der Waals surface area (Å²) < 4.78 is 172. The molecule has 7 aromatic carbocycles. The lowest BCUT2D eigenvalue weighted by Gasteiger charge is -2.21. The van der Waals surface area contributed by atoms with Gasteiger partial charge in [-0.25, -0.2) is 74.9 Å². The van der Waals surface area contributed by atoms with Crippen molar-refractivity contribution in [1.29, 1.82) is 0 Å². The Kier molecular flexibility index (Phi) is 22.9. The molecule has 3 aliphatic rings. The van der Waals surface area contributed by atoms with Crippen LogP contribution in [0.15, 0.2) is 190 Å². The molecule has 24 nitrogen and oxygen atoms in total. The zero-order chi connectivity index (χ0) is 69.6. The molecule has 3 aliphatic heterocycles. The number of rotatable bonds is 18. The van der Waals surface area contributed by atoms with Crippen molar-refractivity contribution < 1.29 is 79.0 Å². The fourth-order valence-electron chi connectivity index (χ4n) is 8.81. The number of ether oxygens (including phenoxy) is 4. The van der Waals surface area contributed by atoms with Crippen LogP contribution in [0.25, 0.3) is 5.57 Å². The molecule has 0 radical (unpaired) electrons. The van der Waals surface area contributed by atoms with Gasteiger partial charge in [0.2, 0.25) is 55.9 Å². The second-order valence-corrected chi connectivity index (χ2v) is 35.8. The second-order valence-electron chi connectivity index (χ2n) is 21.2. The summed E-state index contributed by atoms with van der Waals surface area (Å²) in [6, 6.07) is 38.7. The number of carbonyl (C=O) groups is 2. The predicted octanol–water partition coefficient (Wildman–Crippen LogP) is 10.9. The number of primary sulfonamides is 1. The van der Waals surface area contributed by atoms with Gasteiger partial charge in [-0.3, -0.25) is 14.2 Å². The van der Waals surface area contributed by atoms with Gasteiger partial charge in [0.05, 0.1) is 72.4 Å². The first-order valence-corrected chi connectivity index (χ1v) is 41.2. The molecule has 504 valence electrons. The number of carbonyl (C=O) groups excluding carboxylic acids is 2. The topological polar surface area (TPSA) is 363 Å². The first-order chi connectivity index (χ1) is 44.2. The van der Waals surface area contributed by atoms with Crippen molar-refractivity contribution in [3.63, 3.8) is 0 Å². The highest BCUT2D eigenvalue weighted by molar-refractivity contribution is 8.01. The molecule has 1 aromatic heterocycles. The van der Waals surface area contributed by atoms with Crippen molar-refractivity contribution in [2.45, 2.75) is 79.7 Å². The van der Waals surface area contributed by atoms with Crippen LogP contribution in [-0.4, -0.2) is 98.1 Å². The third-order valence-electron chi connectivity index (χ3n) is 12.9. The van der Waals surface area contributed by atoms with Crippen molar-refractivity contribution >= 4 is 153 Å². The molecule has 8 aromatic rings. The third kappa shape index (κ3) is 20.4. The predicted molar refractivity (Wildman–Crippen MR) is 366 cm³/mol. The summed E-state index contributed by atoms with van der Waals surface area (Å²) in [5.41, 5.74) is 3.83. The Morgan fingerprint density at radius 3 is 1.79 bits per heavy atom. The van der Waals surface area contributed by atoms with Gasteiger partial charge in [-0.2, -0.15) is 0 Å². The summed E-state index contributed by atoms with van der Waals surface area (Å²) in [4.78, 5) is 30.2. The van der Waals surface area contributed by atoms with E-state index >= 15 is 0 Å². The summed E-state index contributed by atoms with van der Waals surface area (Å²) in [5, 5.41) is 7.88. The summed E-state index contributed by atoms with van der Waals surface area (Å²) in [5.74, 6) is 0.290. The molecule has 4 heterocycles. The van der Waals surface area contributed by atoms with Gasteiger partial charge in [0.25, 0.3) is 0 Å². The van der Waals surface area contributed by atoms with Crippen molar-refractivity contribution in [2.24, 2.45) is 5.14 Å². The minimum Gasteiger partial charge on any atom is -0.457 e. The smallest absolute Gasteiger partial charge is 0.375 e. The van der Waals surface area contributed by atoms with Gasteiger partial charge in [0, 0.05) is 49.5 Å². The molecular weight excluding hydrogens is 1450 g/mol. The fraction of sp³-hybridized carbons (Fsp3) is 0.183. The molecule has 35 heteroatoms. The molecule has 0 fully saturated rings. The number of nitrogens with one attached hydrogen (secondary N) is 4. The zero-order valence-corrected chi connectivity index (χ0v) is 59.7. The summed E-state index contributed by atoms with van der Waals surface area (Å²) in [6.07, 6.45) is 5.08. The van der Waals surface area contributed by atoms with E-state index in [-0.39, 0.29) is 56.7 Å². The lowest BCUT2D eigenvalue weighted by molar-refractivity contribution is -0.145. The highest BCUT2D eigenvalue weighted by atomic mass is 35.5. The van der Waals surface area contributed by atoms with Gasteiger partial charge in [-0.1, -0.05) is 102 Å². The molecule has 0 atom stereocenters. The van der Waals surface area contributed by atoms with Gasteiger partial charge in [0.15, 0.2) is 19.9 Å². The van der Waals surface area contributed by atoms with Crippen molar-refractivity contribution in [3.05, 3.63) is 195 Å². The number of nitrogens with zero attached hydrogens (tertiary/aromatic N) is 1. The molecule has 0 saturated heterocycles. The third-order valence-corrected chi connectivity index (χ3v) is 22.1.